The van der Waals surface area contributed by atoms with Gasteiger partial charge < -0.3 is 27.8 Å². The number of primary amides is 1. The first-order valence-electron chi connectivity index (χ1n) is 12.8. The Balaban J connectivity index is 2.61. The van der Waals surface area contributed by atoms with Gasteiger partial charge in [-0.15, -0.1) is 0 Å². The number of amides is 3. The van der Waals surface area contributed by atoms with E-state index >= 15 is 0 Å². The third kappa shape index (κ3) is 14.7. The second-order valence-corrected chi connectivity index (χ2v) is 8.95. The molecule has 0 unspecified atom stereocenters. The van der Waals surface area contributed by atoms with Crippen LogP contribution in [0.4, 0.5) is 0 Å². The van der Waals surface area contributed by atoms with Gasteiger partial charge in [0, 0.05) is 19.4 Å². The van der Waals surface area contributed by atoms with E-state index in [2.05, 4.69) is 22.5 Å². The lowest BCUT2D eigenvalue weighted by atomic mass is 10.0. The predicted molar refractivity (Wildman–Crippen MR) is 140 cm³/mol. The number of hydrogen-bond acceptors (Lipinski definition) is 4. The summed E-state index contributed by atoms with van der Waals surface area (Å²) < 4.78 is 0. The molecule has 0 aliphatic carbocycles. The van der Waals surface area contributed by atoms with Crippen molar-refractivity contribution in [2.75, 3.05) is 6.54 Å². The number of aliphatic imine (C=N–C) groups is 1. The first-order valence-corrected chi connectivity index (χ1v) is 12.8. The molecule has 0 heterocycles. The summed E-state index contributed by atoms with van der Waals surface area (Å²) in [6, 6.07) is 7.62. The minimum Gasteiger partial charge on any atom is -0.370 e. The van der Waals surface area contributed by atoms with E-state index in [0.717, 1.165) is 24.8 Å². The Bertz CT molecular complexity index is 781. The second kappa shape index (κ2) is 18.3. The highest BCUT2D eigenvalue weighted by molar-refractivity contribution is 5.91. The van der Waals surface area contributed by atoms with Crippen LogP contribution in [0.25, 0.3) is 0 Å². The molecule has 1 aromatic carbocycles. The van der Waals surface area contributed by atoms with Crippen LogP contribution in [-0.4, -0.2) is 42.3 Å². The molecule has 9 nitrogen and oxygen atoms in total. The summed E-state index contributed by atoms with van der Waals surface area (Å²) in [6.07, 6.45) is 10.5. The topological polar surface area (TPSA) is 166 Å². The Labute approximate surface area is 209 Å². The van der Waals surface area contributed by atoms with E-state index in [-0.39, 0.29) is 18.3 Å². The Hall–Kier alpha value is -3.10. The molecule has 0 saturated carbocycles. The molecule has 0 radical (unpaired) electrons. The molecule has 0 aliphatic heterocycles. The van der Waals surface area contributed by atoms with Crippen LogP contribution < -0.4 is 27.8 Å². The lowest BCUT2D eigenvalue weighted by Crippen LogP contribution is -2.53. The summed E-state index contributed by atoms with van der Waals surface area (Å²) in [4.78, 5) is 41.4. The van der Waals surface area contributed by atoms with Gasteiger partial charge in [-0.3, -0.25) is 19.4 Å². The molecule has 35 heavy (non-hydrogen) atoms. The van der Waals surface area contributed by atoms with Crippen molar-refractivity contribution in [2.45, 2.75) is 96.1 Å². The highest BCUT2D eigenvalue weighted by Crippen LogP contribution is 2.10. The van der Waals surface area contributed by atoms with Crippen molar-refractivity contribution in [1.29, 1.82) is 0 Å². The van der Waals surface area contributed by atoms with E-state index in [9.17, 15) is 14.4 Å². The van der Waals surface area contributed by atoms with Gasteiger partial charge >= 0.3 is 0 Å². The van der Waals surface area contributed by atoms with Gasteiger partial charge in [-0.1, -0.05) is 82.2 Å². The molecule has 1 rings (SSSR count). The fraction of sp³-hybridized carbons (Fsp3) is 0.615. The summed E-state index contributed by atoms with van der Waals surface area (Å²) in [5.41, 5.74) is 17.1. The monoisotopic (exact) mass is 488 g/mol. The maximum Gasteiger partial charge on any atom is 0.243 e. The van der Waals surface area contributed by atoms with E-state index in [1.54, 1.807) is 0 Å². The summed E-state index contributed by atoms with van der Waals surface area (Å²) in [5.74, 6) is -1.29. The molecule has 0 aromatic heterocycles. The third-order valence-electron chi connectivity index (χ3n) is 5.80. The Morgan fingerprint density at radius 1 is 0.829 bits per heavy atom. The lowest BCUT2D eigenvalue weighted by molar-refractivity contribution is -0.131. The standard InChI is InChI=1S/C26H44N6O3/c1-2-3-4-5-6-7-8-12-17-23(33)31-21(16-13-18-30-26(28)29)25(35)32-22(24(27)34)19-20-14-10-9-11-15-20/h9-11,14-15,21-22H,2-8,12-13,16-19H2,1H3,(H2,27,34)(H,31,33)(H,32,35)(H4,28,29,30)/t21-,22-/m0/s1. The van der Waals surface area contributed by atoms with Crippen LogP contribution in [0, 0.1) is 0 Å². The van der Waals surface area contributed by atoms with Gasteiger partial charge in [-0.25, -0.2) is 0 Å². The van der Waals surface area contributed by atoms with E-state index in [1.165, 1.54) is 32.1 Å². The number of nitrogens with zero attached hydrogens (tertiary/aromatic N) is 1. The second-order valence-electron chi connectivity index (χ2n) is 8.95. The van der Waals surface area contributed by atoms with Gasteiger partial charge in [0.25, 0.3) is 0 Å². The average molecular weight is 489 g/mol. The smallest absolute Gasteiger partial charge is 0.243 e. The third-order valence-corrected chi connectivity index (χ3v) is 5.80. The average Bonchev–Trinajstić information content (AvgIpc) is 2.82. The predicted octanol–water partition coefficient (Wildman–Crippen LogP) is 2.27. The number of carbonyl (C=O) groups is 3. The van der Waals surface area contributed by atoms with Gasteiger partial charge in [0.2, 0.25) is 17.7 Å². The van der Waals surface area contributed by atoms with Crippen molar-refractivity contribution in [1.82, 2.24) is 10.6 Å². The lowest BCUT2D eigenvalue weighted by Gasteiger charge is -2.22. The van der Waals surface area contributed by atoms with Gasteiger partial charge in [0.05, 0.1) is 0 Å². The summed E-state index contributed by atoms with van der Waals surface area (Å²) in [7, 11) is 0. The van der Waals surface area contributed by atoms with E-state index in [4.69, 9.17) is 17.2 Å². The Kier molecular flexibility index (Phi) is 15.6. The maximum absolute atomic E-state index is 13.0. The van der Waals surface area contributed by atoms with Crippen molar-refractivity contribution in [2.24, 2.45) is 22.2 Å². The van der Waals surface area contributed by atoms with Crippen molar-refractivity contribution in [3.8, 4) is 0 Å². The SMILES string of the molecule is CCCCCCCCCCC(=O)N[C@@H](CCCN=C(N)N)C(=O)N[C@@H](Cc1ccccc1)C(N)=O. The largest absolute Gasteiger partial charge is 0.370 e. The molecule has 0 spiro atoms. The van der Waals surface area contributed by atoms with Gasteiger partial charge in [0.15, 0.2) is 5.96 Å². The van der Waals surface area contributed by atoms with Crippen LogP contribution in [-0.2, 0) is 20.8 Å². The van der Waals surface area contributed by atoms with Crippen molar-refractivity contribution in [3.63, 3.8) is 0 Å². The van der Waals surface area contributed by atoms with Gasteiger partial charge in [0.1, 0.15) is 12.1 Å². The molecule has 0 fully saturated rings. The molecule has 0 bridgehead atoms. The van der Waals surface area contributed by atoms with Gasteiger partial charge in [-0.05, 0) is 24.8 Å². The molecular formula is C26H44N6O3. The van der Waals surface area contributed by atoms with Gasteiger partial charge in [-0.2, -0.15) is 0 Å². The number of nitrogens with two attached hydrogens (primary N) is 3. The number of rotatable bonds is 19. The quantitative estimate of drug-likeness (QED) is 0.114. The molecular weight excluding hydrogens is 444 g/mol. The fourth-order valence-corrected chi connectivity index (χ4v) is 3.80. The zero-order chi connectivity index (χ0) is 25.9. The van der Waals surface area contributed by atoms with Crippen LogP contribution in [0.3, 0.4) is 0 Å². The molecule has 0 aliphatic rings. The summed E-state index contributed by atoms with van der Waals surface area (Å²) >= 11 is 0. The van der Waals surface area contributed by atoms with Crippen LogP contribution in [0.2, 0.25) is 0 Å². The number of guanidine groups is 1. The zero-order valence-electron chi connectivity index (χ0n) is 21.1. The fourth-order valence-electron chi connectivity index (χ4n) is 3.80. The van der Waals surface area contributed by atoms with E-state index in [1.807, 2.05) is 30.3 Å². The molecule has 1 aromatic rings. The highest BCUT2D eigenvalue weighted by Gasteiger charge is 2.25. The minimum atomic E-state index is -0.880. The van der Waals surface area contributed by atoms with Crippen LogP contribution in [0.15, 0.2) is 35.3 Å². The number of benzene rings is 1. The van der Waals surface area contributed by atoms with Crippen molar-refractivity contribution < 1.29 is 14.4 Å². The molecule has 3 amide bonds. The van der Waals surface area contributed by atoms with Crippen molar-refractivity contribution in [3.05, 3.63) is 35.9 Å². The molecule has 9 heteroatoms. The van der Waals surface area contributed by atoms with Crippen molar-refractivity contribution >= 4 is 23.7 Å². The van der Waals surface area contributed by atoms with Crippen LogP contribution in [0.1, 0.15) is 83.1 Å². The summed E-state index contributed by atoms with van der Waals surface area (Å²) in [6.45, 7) is 2.54. The Morgan fingerprint density at radius 3 is 2.06 bits per heavy atom. The first-order chi connectivity index (χ1) is 16.8. The van der Waals surface area contributed by atoms with Crippen LogP contribution in [0.5, 0.6) is 0 Å². The van der Waals surface area contributed by atoms with E-state index in [0.29, 0.717) is 25.8 Å². The number of hydrogen-bond donors (Lipinski definition) is 5. The Morgan fingerprint density at radius 2 is 1.46 bits per heavy atom. The van der Waals surface area contributed by atoms with Crippen LogP contribution >= 0.6 is 0 Å². The number of nitrogens with one attached hydrogen (secondary N) is 2. The molecule has 2 atom stereocenters. The molecule has 8 N–H and O–H groups in total. The maximum atomic E-state index is 13.0. The minimum absolute atomic E-state index is 0.0265. The van der Waals surface area contributed by atoms with E-state index < -0.39 is 23.9 Å². The number of unbranched alkanes of at least 4 members (excludes halogenated alkanes) is 7. The first kappa shape index (κ1) is 29.9. The summed E-state index contributed by atoms with van der Waals surface area (Å²) in [5, 5.41) is 5.53. The number of carbonyl (C=O) groups excluding carboxylic acids is 3. The zero-order valence-corrected chi connectivity index (χ0v) is 21.1. The normalized spacial score (nSPS) is 12.4. The molecule has 196 valence electrons. The molecule has 0 saturated heterocycles. The highest BCUT2D eigenvalue weighted by atomic mass is 16.2.